The molecule has 0 aliphatic heterocycles. The number of hydrogen-bond acceptors (Lipinski definition) is 4. The van der Waals surface area contributed by atoms with Crippen LogP contribution in [-0.4, -0.2) is 24.4 Å². The summed E-state index contributed by atoms with van der Waals surface area (Å²) in [6.45, 7) is 4.21. The van der Waals surface area contributed by atoms with Crippen LogP contribution in [0, 0.1) is 13.8 Å². The number of carbonyl (C=O) groups is 1. The van der Waals surface area contributed by atoms with Crippen LogP contribution in [0.1, 0.15) is 21.5 Å². The van der Waals surface area contributed by atoms with Crippen molar-refractivity contribution in [3.8, 4) is 11.1 Å². The summed E-state index contributed by atoms with van der Waals surface area (Å²) in [5, 5.41) is 13.3. The number of rotatable bonds is 2. The molecule has 0 amide bonds. The number of carboxylic acids is 1. The monoisotopic (exact) mass is 491 g/mol. The molecule has 0 aliphatic rings. The molecule has 0 bridgehead atoms. The highest BCUT2D eigenvalue weighted by Crippen LogP contribution is 2.30. The third kappa shape index (κ3) is 4.73. The van der Waals surface area contributed by atoms with Gasteiger partial charge in [-0.05, 0) is 48.2 Å². The number of nitrogens with zero attached hydrogens (tertiary/aromatic N) is 1. The Morgan fingerprint density at radius 1 is 0.941 bits per heavy atom. The van der Waals surface area contributed by atoms with Crippen molar-refractivity contribution in [2.45, 2.75) is 19.4 Å². The van der Waals surface area contributed by atoms with E-state index in [0.29, 0.717) is 10.8 Å². The molecule has 178 valence electrons. The molecular formula is C24H20F3NO5S. The van der Waals surface area contributed by atoms with Crippen LogP contribution in [0.15, 0.2) is 60.7 Å². The van der Waals surface area contributed by atoms with E-state index in [-0.39, 0.29) is 5.56 Å². The second-order valence-corrected chi connectivity index (χ2v) is 9.05. The van der Waals surface area contributed by atoms with Crippen LogP contribution < -0.4 is 9.67 Å². The maximum atomic E-state index is 11.9. The molecule has 4 aromatic rings. The molecule has 0 saturated heterocycles. The molecule has 6 nitrogen and oxygen atoms in total. The predicted molar refractivity (Wildman–Crippen MR) is 119 cm³/mol. The molecule has 0 unspecified atom stereocenters. The third-order valence-electron chi connectivity index (χ3n) is 5.58. The minimum atomic E-state index is -5.84. The number of benzene rings is 3. The summed E-state index contributed by atoms with van der Waals surface area (Å²) in [6.07, 6.45) is 0. The molecule has 1 aromatic heterocycles. The zero-order chi connectivity index (χ0) is 25.4. The maximum Gasteiger partial charge on any atom is 0.522 e. The van der Waals surface area contributed by atoms with Crippen LogP contribution in [0.2, 0.25) is 0 Å². The van der Waals surface area contributed by atoms with Gasteiger partial charge < -0.3 is 9.90 Å². The van der Waals surface area contributed by atoms with Crippen molar-refractivity contribution in [1.82, 2.24) is 0 Å². The maximum absolute atomic E-state index is 11.9. The Morgan fingerprint density at radius 2 is 1.53 bits per heavy atom. The van der Waals surface area contributed by atoms with Crippen molar-refractivity contribution >= 4 is 37.9 Å². The number of aromatic nitrogens is 1. The van der Waals surface area contributed by atoms with Gasteiger partial charge in [0.1, 0.15) is 7.05 Å². The smallest absolute Gasteiger partial charge is 0.522 e. The van der Waals surface area contributed by atoms with Crippen molar-refractivity contribution in [3.63, 3.8) is 0 Å². The fraction of sp³-hybridized carbons (Fsp3) is 0.167. The lowest BCUT2D eigenvalue weighted by atomic mass is 9.94. The van der Waals surface area contributed by atoms with Crippen LogP contribution in [-0.2, 0) is 17.2 Å². The fourth-order valence-corrected chi connectivity index (χ4v) is 3.72. The lowest BCUT2D eigenvalue weighted by Gasteiger charge is -2.13. The second kappa shape index (κ2) is 9.03. The lowest BCUT2D eigenvalue weighted by Crippen LogP contribution is -2.33. The van der Waals surface area contributed by atoms with Crippen molar-refractivity contribution in [3.05, 3.63) is 77.4 Å². The Kier molecular flexibility index (Phi) is 6.68. The Bertz CT molecular complexity index is 1530. The third-order valence-corrected chi connectivity index (χ3v) is 6.16. The second-order valence-electron chi connectivity index (χ2n) is 7.64. The van der Waals surface area contributed by atoms with E-state index < -0.39 is 21.6 Å². The van der Waals surface area contributed by atoms with Gasteiger partial charge in [0.15, 0.2) is 0 Å². The summed E-state index contributed by atoms with van der Waals surface area (Å²) in [5.74, 6) is -1.15. The van der Waals surface area contributed by atoms with Gasteiger partial charge in [0.25, 0.3) is 0 Å². The number of fused-ring (bicyclic) bond motifs is 2. The van der Waals surface area contributed by atoms with E-state index in [0.717, 1.165) is 22.2 Å². The Labute approximate surface area is 193 Å². The average Bonchev–Trinajstić information content (AvgIpc) is 2.75. The number of para-hydroxylation sites is 1. The topological polar surface area (TPSA) is 98.4 Å². The zero-order valence-electron chi connectivity index (χ0n) is 18.3. The van der Waals surface area contributed by atoms with Crippen LogP contribution in [0.5, 0.6) is 0 Å². The van der Waals surface area contributed by atoms with Gasteiger partial charge in [-0.2, -0.15) is 26.2 Å². The van der Waals surface area contributed by atoms with Gasteiger partial charge in [-0.1, -0.05) is 36.4 Å². The van der Waals surface area contributed by atoms with Gasteiger partial charge in [-0.25, -0.2) is 0 Å². The quantitative estimate of drug-likeness (QED) is 0.199. The van der Waals surface area contributed by atoms with Gasteiger partial charge in [-0.15, -0.1) is 0 Å². The van der Waals surface area contributed by atoms with Gasteiger partial charge in [0, 0.05) is 17.7 Å². The molecule has 0 saturated carbocycles. The van der Waals surface area contributed by atoms with Crippen molar-refractivity contribution in [1.29, 1.82) is 0 Å². The molecule has 0 spiro atoms. The molecule has 3 aromatic carbocycles. The molecule has 1 heterocycles. The van der Waals surface area contributed by atoms with Crippen LogP contribution in [0.25, 0.3) is 32.9 Å². The average molecular weight is 491 g/mol. The highest BCUT2D eigenvalue weighted by Gasteiger charge is 2.44. The van der Waals surface area contributed by atoms with Gasteiger partial charge >= 0.3 is 15.6 Å². The molecule has 0 fully saturated rings. The van der Waals surface area contributed by atoms with E-state index >= 15 is 0 Å². The molecule has 0 atom stereocenters. The van der Waals surface area contributed by atoms with E-state index in [2.05, 4.69) is 38.1 Å². The number of carboxylic acid groups (broad SMARTS) is 1. The Morgan fingerprint density at radius 3 is 2.12 bits per heavy atom. The van der Waals surface area contributed by atoms with Crippen molar-refractivity contribution < 1.29 is 40.6 Å². The van der Waals surface area contributed by atoms with E-state index in [4.69, 9.17) is 13.0 Å². The van der Waals surface area contributed by atoms with Crippen LogP contribution in [0.4, 0.5) is 13.2 Å². The van der Waals surface area contributed by atoms with Crippen LogP contribution in [0.3, 0.4) is 0 Å². The van der Waals surface area contributed by atoms with E-state index in [1.807, 2.05) is 48.0 Å². The highest BCUT2D eigenvalue weighted by atomic mass is 32.2. The lowest BCUT2D eigenvalue weighted by molar-refractivity contribution is -0.617. The number of alkyl halides is 3. The zero-order valence-corrected chi connectivity index (χ0v) is 19.2. The Balaban J connectivity index is 0.000000350. The molecule has 10 heteroatoms. The van der Waals surface area contributed by atoms with Crippen LogP contribution >= 0.6 is 0 Å². The number of halogens is 3. The fourth-order valence-electron chi connectivity index (χ4n) is 3.72. The van der Waals surface area contributed by atoms with Crippen molar-refractivity contribution in [2.24, 2.45) is 7.05 Å². The summed E-state index contributed by atoms with van der Waals surface area (Å²) in [4.78, 5) is 11.9. The first kappa shape index (κ1) is 25.1. The highest BCUT2D eigenvalue weighted by molar-refractivity contribution is 7.86. The molecule has 34 heavy (non-hydrogen) atoms. The summed E-state index contributed by atoms with van der Waals surface area (Å²) >= 11 is 0. The van der Waals surface area contributed by atoms with Gasteiger partial charge in [0.2, 0.25) is 11.0 Å². The number of aryl methyl sites for hydroxylation is 2. The minimum Gasteiger partial charge on any atom is -0.545 e. The normalized spacial score (nSPS) is 11.9. The molecule has 0 aliphatic carbocycles. The first-order valence-corrected chi connectivity index (χ1v) is 11.3. The van der Waals surface area contributed by atoms with Crippen molar-refractivity contribution in [2.75, 3.05) is 0 Å². The summed E-state index contributed by atoms with van der Waals surface area (Å²) < 4.78 is 59.6. The predicted octanol–water partition coefficient (Wildman–Crippen LogP) is 3.86. The standard InChI is InChI=1S/C23H19NO2.CHF3O3S/c1-14-7-6-9-17(15(14)2)16-11-12-19-21(13-16)24(3)20-10-5-4-8-18(20)22(19)23(25)26;2-1(3,4)8(5,6)7/h4-13H,1-3H3;(H,5,6,7). The number of carbonyl (C=O) groups excluding carboxylic acids is 1. The van der Waals surface area contributed by atoms with E-state index in [1.54, 1.807) is 0 Å². The largest absolute Gasteiger partial charge is 0.545 e. The number of aromatic carboxylic acids is 1. The van der Waals surface area contributed by atoms with Gasteiger partial charge in [-0.3, -0.25) is 4.55 Å². The first-order chi connectivity index (χ1) is 15.7. The van der Waals surface area contributed by atoms with E-state index in [9.17, 15) is 23.1 Å². The summed E-state index contributed by atoms with van der Waals surface area (Å²) in [7, 11) is -3.87. The Hall–Kier alpha value is -3.50. The number of pyridine rings is 1. The SMILES string of the molecule is Cc1cccc(-c2ccc3c(C(=O)[O-])c4ccccc4[n+](C)c3c2)c1C.O=S(=O)(O)C(F)(F)F. The molecular weight excluding hydrogens is 471 g/mol. The minimum absolute atomic E-state index is 0.251. The van der Waals surface area contributed by atoms with Gasteiger partial charge in [0.05, 0.1) is 16.7 Å². The number of hydrogen-bond donors (Lipinski definition) is 1. The first-order valence-electron chi connectivity index (χ1n) is 9.90. The molecule has 4 rings (SSSR count). The molecule has 0 radical (unpaired) electrons. The molecule has 1 N–H and O–H groups in total. The summed E-state index contributed by atoms with van der Waals surface area (Å²) in [5.41, 5.74) is 1.17. The summed E-state index contributed by atoms with van der Waals surface area (Å²) in [6, 6.07) is 19.7. The van der Waals surface area contributed by atoms with E-state index in [1.165, 1.54) is 11.1 Å².